The lowest BCUT2D eigenvalue weighted by Crippen LogP contribution is -2.01. The maximum atomic E-state index is 5.62. The van der Waals surface area contributed by atoms with Crippen LogP contribution in [0.2, 0.25) is 0 Å². The molecule has 1 aliphatic heterocycles. The Morgan fingerprint density at radius 3 is 3.05 bits per heavy atom. The van der Waals surface area contributed by atoms with Crippen LogP contribution in [0.1, 0.15) is 11.3 Å². The van der Waals surface area contributed by atoms with Gasteiger partial charge in [0.25, 0.3) is 0 Å². The van der Waals surface area contributed by atoms with E-state index in [-0.39, 0.29) is 6.79 Å². The normalized spacial score (nSPS) is 12.8. The van der Waals surface area contributed by atoms with Crippen LogP contribution in [0, 0.1) is 0 Å². The van der Waals surface area contributed by atoms with E-state index in [2.05, 4.69) is 5.16 Å². The first-order valence-electron chi connectivity index (χ1n) is 6.63. The van der Waals surface area contributed by atoms with E-state index in [4.69, 9.17) is 19.0 Å². The standard InChI is InChI=1S/C15H15NO4S/c1-3-13(21-8-1)10-16-20-7-2-6-17-12-4-5-14-15(9-12)19-11-18-14/h1,3-5,8-10H,2,6-7,11H2. The van der Waals surface area contributed by atoms with Crippen molar-refractivity contribution in [2.24, 2.45) is 5.16 Å². The molecular formula is C15H15NO4S. The molecule has 110 valence electrons. The Morgan fingerprint density at radius 2 is 2.14 bits per heavy atom. The third-order valence-corrected chi connectivity index (χ3v) is 3.60. The van der Waals surface area contributed by atoms with Gasteiger partial charge in [0.15, 0.2) is 11.5 Å². The summed E-state index contributed by atoms with van der Waals surface area (Å²) in [5.74, 6) is 2.25. The van der Waals surface area contributed by atoms with Gasteiger partial charge in [-0.1, -0.05) is 11.2 Å². The van der Waals surface area contributed by atoms with E-state index in [1.807, 2.05) is 35.7 Å². The Kier molecular flexibility index (Phi) is 4.58. The zero-order valence-electron chi connectivity index (χ0n) is 11.4. The lowest BCUT2D eigenvalue weighted by Gasteiger charge is -2.06. The number of nitrogens with zero attached hydrogens (tertiary/aromatic N) is 1. The van der Waals surface area contributed by atoms with E-state index in [0.29, 0.717) is 13.2 Å². The number of oxime groups is 1. The molecule has 1 aromatic heterocycles. The van der Waals surface area contributed by atoms with Gasteiger partial charge < -0.3 is 19.0 Å². The number of benzene rings is 1. The molecule has 0 radical (unpaired) electrons. The fraction of sp³-hybridized carbons (Fsp3) is 0.267. The predicted octanol–water partition coefficient (Wildman–Crippen LogP) is 3.30. The molecule has 21 heavy (non-hydrogen) atoms. The van der Waals surface area contributed by atoms with Gasteiger partial charge in [-0.15, -0.1) is 11.3 Å². The Labute approximate surface area is 126 Å². The van der Waals surface area contributed by atoms with Crippen LogP contribution in [-0.2, 0) is 4.84 Å². The number of hydrogen-bond donors (Lipinski definition) is 0. The molecule has 1 aromatic carbocycles. The Hall–Kier alpha value is -2.21. The second-order valence-electron chi connectivity index (χ2n) is 4.30. The number of fused-ring (bicyclic) bond motifs is 1. The van der Waals surface area contributed by atoms with Crippen molar-refractivity contribution in [1.29, 1.82) is 0 Å². The second-order valence-corrected chi connectivity index (χ2v) is 5.28. The van der Waals surface area contributed by atoms with Crippen LogP contribution in [-0.4, -0.2) is 26.2 Å². The van der Waals surface area contributed by atoms with Crippen molar-refractivity contribution in [3.05, 3.63) is 40.6 Å². The first-order chi connectivity index (χ1) is 10.4. The first kappa shape index (κ1) is 13.8. The van der Waals surface area contributed by atoms with Gasteiger partial charge in [0, 0.05) is 17.4 Å². The molecule has 1 aliphatic rings. The molecule has 0 unspecified atom stereocenters. The van der Waals surface area contributed by atoms with E-state index < -0.39 is 0 Å². The molecule has 3 rings (SSSR count). The highest BCUT2D eigenvalue weighted by atomic mass is 32.1. The van der Waals surface area contributed by atoms with E-state index in [0.717, 1.165) is 28.5 Å². The van der Waals surface area contributed by atoms with Crippen LogP contribution >= 0.6 is 11.3 Å². The maximum absolute atomic E-state index is 5.62. The van der Waals surface area contributed by atoms with E-state index in [1.54, 1.807) is 17.6 Å². The highest BCUT2D eigenvalue weighted by molar-refractivity contribution is 7.11. The van der Waals surface area contributed by atoms with E-state index in [1.165, 1.54) is 0 Å². The van der Waals surface area contributed by atoms with Crippen molar-refractivity contribution in [2.75, 3.05) is 20.0 Å². The molecule has 0 saturated carbocycles. The molecular weight excluding hydrogens is 290 g/mol. The minimum Gasteiger partial charge on any atom is -0.493 e. The van der Waals surface area contributed by atoms with Crippen molar-refractivity contribution in [1.82, 2.24) is 0 Å². The van der Waals surface area contributed by atoms with E-state index >= 15 is 0 Å². The quantitative estimate of drug-likeness (QED) is 0.447. The number of ether oxygens (including phenoxy) is 3. The molecule has 0 atom stereocenters. The average molecular weight is 305 g/mol. The Morgan fingerprint density at radius 1 is 1.19 bits per heavy atom. The molecule has 0 spiro atoms. The molecule has 5 nitrogen and oxygen atoms in total. The zero-order chi connectivity index (χ0) is 14.3. The third kappa shape index (κ3) is 3.88. The summed E-state index contributed by atoms with van der Waals surface area (Å²) in [4.78, 5) is 6.25. The molecule has 0 saturated heterocycles. The topological polar surface area (TPSA) is 49.3 Å². The van der Waals surface area contributed by atoms with Crippen LogP contribution in [0.3, 0.4) is 0 Å². The minimum atomic E-state index is 0.273. The molecule has 0 fully saturated rings. The molecule has 0 bridgehead atoms. The predicted molar refractivity (Wildman–Crippen MR) is 80.5 cm³/mol. The fourth-order valence-corrected chi connectivity index (χ4v) is 2.36. The van der Waals surface area contributed by atoms with Gasteiger partial charge in [-0.05, 0) is 23.6 Å². The summed E-state index contributed by atoms with van der Waals surface area (Å²) in [6, 6.07) is 9.51. The highest BCUT2D eigenvalue weighted by Crippen LogP contribution is 2.35. The first-order valence-corrected chi connectivity index (χ1v) is 7.51. The van der Waals surface area contributed by atoms with Crippen molar-refractivity contribution in [3.63, 3.8) is 0 Å². The summed E-state index contributed by atoms with van der Waals surface area (Å²) in [6.45, 7) is 1.36. The lowest BCUT2D eigenvalue weighted by atomic mass is 10.3. The number of rotatable bonds is 7. The molecule has 2 aromatic rings. The molecule has 0 amide bonds. The molecule has 6 heteroatoms. The van der Waals surface area contributed by atoms with Gasteiger partial charge in [-0.25, -0.2) is 0 Å². The smallest absolute Gasteiger partial charge is 0.231 e. The van der Waals surface area contributed by atoms with Crippen LogP contribution in [0.25, 0.3) is 0 Å². The zero-order valence-corrected chi connectivity index (χ0v) is 12.2. The van der Waals surface area contributed by atoms with Crippen molar-refractivity contribution < 1.29 is 19.0 Å². The minimum absolute atomic E-state index is 0.273. The van der Waals surface area contributed by atoms with Gasteiger partial charge >= 0.3 is 0 Å². The van der Waals surface area contributed by atoms with Gasteiger partial charge in [-0.3, -0.25) is 0 Å². The van der Waals surface area contributed by atoms with Crippen LogP contribution < -0.4 is 14.2 Å². The van der Waals surface area contributed by atoms with Crippen LogP contribution in [0.15, 0.2) is 40.9 Å². The van der Waals surface area contributed by atoms with Crippen molar-refractivity contribution >= 4 is 17.6 Å². The summed E-state index contributed by atoms with van der Waals surface area (Å²) < 4.78 is 16.1. The maximum Gasteiger partial charge on any atom is 0.231 e. The molecule has 0 N–H and O–H groups in total. The molecule has 2 heterocycles. The SMILES string of the molecule is C(=NOCCCOc1ccc2c(c1)OCO2)c1cccs1. The summed E-state index contributed by atoms with van der Waals surface area (Å²) in [6.07, 6.45) is 2.47. The van der Waals surface area contributed by atoms with Gasteiger partial charge in [0.2, 0.25) is 6.79 Å². The Balaban J connectivity index is 1.33. The summed E-state index contributed by atoms with van der Waals surface area (Å²) >= 11 is 1.62. The lowest BCUT2D eigenvalue weighted by molar-refractivity contribution is 0.129. The van der Waals surface area contributed by atoms with Gasteiger partial charge in [0.1, 0.15) is 12.4 Å². The average Bonchev–Trinajstić information content (AvgIpc) is 3.17. The van der Waals surface area contributed by atoms with E-state index in [9.17, 15) is 0 Å². The van der Waals surface area contributed by atoms with Crippen LogP contribution in [0.5, 0.6) is 17.2 Å². The number of hydrogen-bond acceptors (Lipinski definition) is 6. The van der Waals surface area contributed by atoms with Crippen molar-refractivity contribution in [2.45, 2.75) is 6.42 Å². The largest absolute Gasteiger partial charge is 0.493 e. The Bertz CT molecular complexity index is 598. The number of thiophene rings is 1. The fourth-order valence-electron chi connectivity index (χ4n) is 1.79. The monoisotopic (exact) mass is 305 g/mol. The van der Waals surface area contributed by atoms with Crippen LogP contribution in [0.4, 0.5) is 0 Å². The van der Waals surface area contributed by atoms with Gasteiger partial charge in [-0.2, -0.15) is 0 Å². The van der Waals surface area contributed by atoms with Crippen molar-refractivity contribution in [3.8, 4) is 17.2 Å². The summed E-state index contributed by atoms with van der Waals surface area (Å²) in [5, 5.41) is 5.90. The van der Waals surface area contributed by atoms with Gasteiger partial charge in [0.05, 0.1) is 12.8 Å². The second kappa shape index (κ2) is 6.99. The molecule has 0 aliphatic carbocycles. The third-order valence-electron chi connectivity index (χ3n) is 2.79. The summed E-state index contributed by atoms with van der Waals surface area (Å²) in [5.41, 5.74) is 0. The summed E-state index contributed by atoms with van der Waals surface area (Å²) in [7, 11) is 0. The highest BCUT2D eigenvalue weighted by Gasteiger charge is 2.13.